The molecule has 0 aliphatic rings. The van der Waals surface area contributed by atoms with E-state index in [2.05, 4.69) is 112 Å². The van der Waals surface area contributed by atoms with Crippen molar-refractivity contribution in [2.75, 3.05) is 13.2 Å². The first-order chi connectivity index (χ1) is 34.0. The van der Waals surface area contributed by atoms with Crippen molar-refractivity contribution in [1.82, 2.24) is 0 Å². The van der Waals surface area contributed by atoms with Crippen molar-refractivity contribution in [1.29, 1.82) is 0 Å². The van der Waals surface area contributed by atoms with Crippen LogP contribution in [0, 0.1) is 0 Å². The molecule has 0 aromatic heterocycles. The molecular formula is C63H106O6. The van der Waals surface area contributed by atoms with Crippen molar-refractivity contribution in [3.8, 4) is 0 Å². The Labute approximate surface area is 426 Å². The third-order valence-corrected chi connectivity index (χ3v) is 12.1. The molecule has 69 heavy (non-hydrogen) atoms. The lowest BCUT2D eigenvalue weighted by atomic mass is 10.0. The van der Waals surface area contributed by atoms with Gasteiger partial charge in [-0.1, -0.05) is 253 Å². The number of hydrogen-bond acceptors (Lipinski definition) is 6. The van der Waals surface area contributed by atoms with Gasteiger partial charge in [-0.05, 0) is 89.9 Å². The van der Waals surface area contributed by atoms with Gasteiger partial charge in [0, 0.05) is 19.3 Å². The maximum atomic E-state index is 12.8. The van der Waals surface area contributed by atoms with Gasteiger partial charge in [0.2, 0.25) is 0 Å². The highest BCUT2D eigenvalue weighted by Gasteiger charge is 2.19. The Hall–Kier alpha value is -3.67. The Morgan fingerprint density at radius 3 is 0.971 bits per heavy atom. The first-order valence-corrected chi connectivity index (χ1v) is 28.7. The summed E-state index contributed by atoms with van der Waals surface area (Å²) in [6, 6.07) is 0. The van der Waals surface area contributed by atoms with Crippen LogP contribution in [0.5, 0.6) is 0 Å². The number of esters is 3. The first kappa shape index (κ1) is 65.3. The fraction of sp³-hybridized carbons (Fsp3) is 0.698. The Bertz CT molecular complexity index is 1380. The van der Waals surface area contributed by atoms with Crippen molar-refractivity contribution >= 4 is 17.9 Å². The van der Waals surface area contributed by atoms with Gasteiger partial charge in [0.1, 0.15) is 13.2 Å². The predicted octanol–water partition coefficient (Wildman–Crippen LogP) is 19.3. The summed E-state index contributed by atoms with van der Waals surface area (Å²) in [7, 11) is 0. The molecule has 1 atom stereocenters. The average molecular weight is 960 g/mol. The van der Waals surface area contributed by atoms with Gasteiger partial charge in [0.25, 0.3) is 0 Å². The molecule has 394 valence electrons. The topological polar surface area (TPSA) is 78.9 Å². The molecule has 0 aliphatic heterocycles. The molecule has 0 spiro atoms. The molecule has 0 aliphatic carbocycles. The Balaban J connectivity index is 4.57. The van der Waals surface area contributed by atoms with Crippen LogP contribution in [-0.4, -0.2) is 37.2 Å². The van der Waals surface area contributed by atoms with Crippen LogP contribution in [0.25, 0.3) is 0 Å². The second kappa shape index (κ2) is 56.9. The third kappa shape index (κ3) is 55.1. The van der Waals surface area contributed by atoms with Gasteiger partial charge in [0.15, 0.2) is 6.10 Å². The van der Waals surface area contributed by atoms with E-state index in [-0.39, 0.29) is 44.0 Å². The zero-order valence-electron chi connectivity index (χ0n) is 45.0. The summed E-state index contributed by atoms with van der Waals surface area (Å²) in [6.45, 7) is 6.51. The highest BCUT2D eigenvalue weighted by Crippen LogP contribution is 2.15. The summed E-state index contributed by atoms with van der Waals surface area (Å²) in [6.07, 6.45) is 75.6. The van der Waals surface area contributed by atoms with Crippen LogP contribution < -0.4 is 0 Å². The smallest absolute Gasteiger partial charge is 0.306 e. The number of carbonyl (C=O) groups excluding carboxylic acids is 3. The molecule has 0 radical (unpaired) electrons. The van der Waals surface area contributed by atoms with Gasteiger partial charge >= 0.3 is 17.9 Å². The van der Waals surface area contributed by atoms with E-state index in [0.29, 0.717) is 19.3 Å². The fourth-order valence-corrected chi connectivity index (χ4v) is 7.74. The van der Waals surface area contributed by atoms with Crippen LogP contribution in [0.3, 0.4) is 0 Å². The van der Waals surface area contributed by atoms with Gasteiger partial charge < -0.3 is 14.2 Å². The summed E-state index contributed by atoms with van der Waals surface area (Å²) in [5.41, 5.74) is 0. The lowest BCUT2D eigenvalue weighted by Crippen LogP contribution is -2.30. The molecule has 0 saturated heterocycles. The molecule has 0 amide bonds. The molecule has 0 rings (SSSR count). The number of allylic oxidation sites excluding steroid dienone is 16. The zero-order chi connectivity index (χ0) is 50.0. The van der Waals surface area contributed by atoms with Gasteiger partial charge in [-0.2, -0.15) is 0 Å². The maximum absolute atomic E-state index is 12.8. The standard InChI is InChI=1S/C63H106O6/c1-4-7-10-13-16-19-22-25-28-30-31-33-35-38-41-44-47-50-53-56-62(65)68-59-60(58-67-61(64)55-52-49-46-43-40-37-34-27-24-21-18-15-12-9-6-3)69-63(66)57-54-51-48-45-42-39-36-32-29-26-23-20-17-14-11-8-5-2/h16,19,25-26,28-29,31,33,36,38-39,41,45,47-48,50,60H,4-15,17-18,20-24,27,30,32,34-35,37,40,42-44,46,49,51-59H2,1-3H3/b19-16-,28-25-,29-26-,33-31-,39-36-,41-38-,48-45-,50-47-/t60-/m0/s1. The largest absolute Gasteiger partial charge is 0.462 e. The maximum Gasteiger partial charge on any atom is 0.306 e. The van der Waals surface area contributed by atoms with Gasteiger partial charge in [-0.25, -0.2) is 0 Å². The van der Waals surface area contributed by atoms with E-state index in [1.165, 1.54) is 148 Å². The lowest BCUT2D eigenvalue weighted by molar-refractivity contribution is -0.166. The van der Waals surface area contributed by atoms with Crippen LogP contribution >= 0.6 is 0 Å². The molecule has 6 heteroatoms. The van der Waals surface area contributed by atoms with Crippen molar-refractivity contribution < 1.29 is 28.6 Å². The van der Waals surface area contributed by atoms with Crippen molar-refractivity contribution in [2.24, 2.45) is 0 Å². The van der Waals surface area contributed by atoms with Crippen LogP contribution in [-0.2, 0) is 28.6 Å². The predicted molar refractivity (Wildman–Crippen MR) is 297 cm³/mol. The summed E-state index contributed by atoms with van der Waals surface area (Å²) >= 11 is 0. The second-order valence-corrected chi connectivity index (χ2v) is 18.8. The zero-order valence-corrected chi connectivity index (χ0v) is 45.0. The SMILES string of the molecule is CCCCC/C=C\C/C=C\C/C=C\C/C=C\C/C=C\CCC(=O)OC[C@H](COC(=O)CCCCCCCCCCCCCCCCC)OC(=O)CCC/C=C\C/C=C\C/C=C\CCCCCCCC. The summed E-state index contributed by atoms with van der Waals surface area (Å²) < 4.78 is 16.7. The van der Waals surface area contributed by atoms with E-state index >= 15 is 0 Å². The second-order valence-electron chi connectivity index (χ2n) is 18.8. The highest BCUT2D eigenvalue weighted by atomic mass is 16.6. The average Bonchev–Trinajstić information content (AvgIpc) is 3.35. The fourth-order valence-electron chi connectivity index (χ4n) is 7.74. The number of carbonyl (C=O) groups is 3. The molecule has 0 saturated carbocycles. The monoisotopic (exact) mass is 959 g/mol. The summed E-state index contributed by atoms with van der Waals surface area (Å²) in [5.74, 6) is -1.05. The number of ether oxygens (including phenoxy) is 3. The van der Waals surface area contributed by atoms with E-state index < -0.39 is 6.10 Å². The molecule has 0 aromatic rings. The van der Waals surface area contributed by atoms with E-state index in [1.54, 1.807) is 0 Å². The van der Waals surface area contributed by atoms with Gasteiger partial charge in [-0.3, -0.25) is 14.4 Å². The van der Waals surface area contributed by atoms with E-state index in [0.717, 1.165) is 64.2 Å². The molecule has 6 nitrogen and oxygen atoms in total. The Morgan fingerprint density at radius 1 is 0.290 bits per heavy atom. The number of hydrogen-bond donors (Lipinski definition) is 0. The highest BCUT2D eigenvalue weighted by molar-refractivity contribution is 5.71. The first-order valence-electron chi connectivity index (χ1n) is 28.7. The minimum absolute atomic E-state index is 0.119. The third-order valence-electron chi connectivity index (χ3n) is 12.1. The van der Waals surface area contributed by atoms with Crippen LogP contribution in [0.4, 0.5) is 0 Å². The van der Waals surface area contributed by atoms with Crippen molar-refractivity contribution in [3.63, 3.8) is 0 Å². The normalized spacial score (nSPS) is 12.8. The van der Waals surface area contributed by atoms with Crippen molar-refractivity contribution in [3.05, 3.63) is 97.2 Å². The number of rotatable bonds is 51. The molecule has 0 aromatic carbocycles. The summed E-state index contributed by atoms with van der Waals surface area (Å²) in [5, 5.41) is 0. The van der Waals surface area contributed by atoms with Crippen LogP contribution in [0.1, 0.15) is 265 Å². The quantitative estimate of drug-likeness (QED) is 0.0262. The van der Waals surface area contributed by atoms with Crippen molar-refractivity contribution in [2.45, 2.75) is 271 Å². The van der Waals surface area contributed by atoms with Crippen LogP contribution in [0.15, 0.2) is 97.2 Å². The molecule has 0 N–H and O–H groups in total. The Morgan fingerprint density at radius 2 is 0.565 bits per heavy atom. The minimum Gasteiger partial charge on any atom is -0.462 e. The molecular weight excluding hydrogens is 853 g/mol. The Kier molecular flexibility index (Phi) is 53.9. The summed E-state index contributed by atoms with van der Waals surface area (Å²) in [4.78, 5) is 38.1. The van der Waals surface area contributed by atoms with E-state index in [9.17, 15) is 14.4 Å². The molecule has 0 bridgehead atoms. The minimum atomic E-state index is -0.833. The molecule has 0 heterocycles. The lowest BCUT2D eigenvalue weighted by Gasteiger charge is -2.18. The van der Waals surface area contributed by atoms with Gasteiger partial charge in [0.05, 0.1) is 0 Å². The molecule has 0 unspecified atom stereocenters. The van der Waals surface area contributed by atoms with E-state index in [1.807, 2.05) is 6.08 Å². The molecule has 0 fully saturated rings. The van der Waals surface area contributed by atoms with Gasteiger partial charge in [-0.15, -0.1) is 0 Å². The number of unbranched alkanes of at least 4 members (excludes halogenated alkanes) is 24. The van der Waals surface area contributed by atoms with E-state index in [4.69, 9.17) is 14.2 Å². The van der Waals surface area contributed by atoms with Crippen LogP contribution in [0.2, 0.25) is 0 Å².